The third kappa shape index (κ3) is 42.0. The summed E-state index contributed by atoms with van der Waals surface area (Å²) in [5, 5.41) is 65.3. The highest BCUT2D eigenvalue weighted by atomic mass is 16.7. The number of hydrogen-bond acceptors (Lipinski definition) is 30. The van der Waals surface area contributed by atoms with Gasteiger partial charge in [0.2, 0.25) is 0 Å². The van der Waals surface area contributed by atoms with E-state index >= 15 is 0 Å². The maximum absolute atomic E-state index is 12.6. The fourth-order valence-electron chi connectivity index (χ4n) is 11.8. The van der Waals surface area contributed by atoms with Crippen molar-refractivity contribution in [2.75, 3.05) is 11.9 Å². The van der Waals surface area contributed by atoms with Crippen LogP contribution in [0.2, 0.25) is 0 Å². The third-order valence-electron chi connectivity index (χ3n) is 18.2. The first-order valence-electron chi connectivity index (χ1n) is 42.6. The average molecular weight is 1870 g/mol. The fraction of sp³-hybridized carbons (Fsp3) is 0.447. The number of hydrogen-bond donors (Lipinski definition) is 4. The predicted octanol–water partition coefficient (Wildman–Crippen LogP) is 18.7. The number of anilines is 1. The van der Waals surface area contributed by atoms with Gasteiger partial charge in [0.05, 0.1) is 63.7 Å². The van der Waals surface area contributed by atoms with Crippen molar-refractivity contribution >= 4 is 94.4 Å². The van der Waals surface area contributed by atoms with Gasteiger partial charge < -0.3 is 63.3 Å². The number of carbonyl (C=O) groups is 10. The quantitative estimate of drug-likeness (QED) is 0.0132. The van der Waals surface area contributed by atoms with Gasteiger partial charge in [-0.05, 0) is 189 Å². The van der Waals surface area contributed by atoms with E-state index in [2.05, 4.69) is 21.3 Å². The highest BCUT2D eigenvalue weighted by Gasteiger charge is 2.39. The van der Waals surface area contributed by atoms with Gasteiger partial charge in [0.15, 0.2) is 0 Å². The summed E-state index contributed by atoms with van der Waals surface area (Å²) in [7, 11) is 0. The standard InChI is InChI=1S/C21H24N2O6.C19H20N2O6.C19H28N2O6.C18H26N2O6.C17H22N2O6/c1-21(2,3)29-20(25)22-17(13-15-9-5-4-6-10-15)19(24)28-14-16-11-7-8-12-18(16)23(26)27;1-19(2,3)27-18(23)20-15-10-6-5-9-14(15)17(22)26-12-13-8-4-7-11-16(13)21(24)25;1-6-19(4,5)27-18(23)20-15(11-13(2)3)17(22)26-12-14-9-7-8-10-16(14)21(24)25;1-12(2)10-14(19-17(22)26-18(3,4)5)16(21)25-11-13-8-6-7-9-15(13)20(23)24;1-17(2,3)25-16(21)18-10-6-9-14(18)15(20)24-11-12-7-4-5-8-13(12)19(22)23/h4-12,17H,13-14H2,1-3H3,(H,22,25);4-11H,12H2,1-3H3,(H,20,23);7-10,13,15H,6,11-12H2,1-5H3,(H,20,23);6-9,12,14H,10-11H2,1-5H3,(H,19,22);4-5,7-8,14H,6,9-11H2,1-3H3. The first kappa shape index (κ1) is 112. The van der Waals surface area contributed by atoms with Gasteiger partial charge in [-0.15, -0.1) is 0 Å². The van der Waals surface area contributed by atoms with Gasteiger partial charge >= 0.3 is 60.3 Å². The van der Waals surface area contributed by atoms with Crippen LogP contribution in [0.1, 0.15) is 207 Å². The first-order chi connectivity index (χ1) is 62.6. The maximum atomic E-state index is 12.6. The summed E-state index contributed by atoms with van der Waals surface area (Å²) < 4.78 is 52.3. The maximum Gasteiger partial charge on any atom is 0.412 e. The van der Waals surface area contributed by atoms with Crippen molar-refractivity contribution in [3.8, 4) is 0 Å². The van der Waals surface area contributed by atoms with Crippen LogP contribution in [0.3, 0.4) is 0 Å². The highest BCUT2D eigenvalue weighted by Crippen LogP contribution is 2.29. The highest BCUT2D eigenvalue weighted by molar-refractivity contribution is 6.00. The van der Waals surface area contributed by atoms with E-state index in [-0.39, 0.29) is 113 Å². The van der Waals surface area contributed by atoms with Gasteiger partial charge in [0.25, 0.3) is 28.4 Å². The Labute approximate surface area is 776 Å². The number of carbonyl (C=O) groups excluding carboxylic acids is 10. The zero-order chi connectivity index (χ0) is 101. The van der Waals surface area contributed by atoms with E-state index < -0.39 is 137 Å². The lowest BCUT2D eigenvalue weighted by Gasteiger charge is -2.27. The molecule has 40 heteroatoms. The van der Waals surface area contributed by atoms with Crippen molar-refractivity contribution in [1.82, 2.24) is 20.9 Å². The normalized spacial score (nSPS) is 12.9. The fourth-order valence-corrected chi connectivity index (χ4v) is 11.8. The summed E-state index contributed by atoms with van der Waals surface area (Å²) in [4.78, 5) is 176. The number of rotatable bonds is 32. The summed E-state index contributed by atoms with van der Waals surface area (Å²) in [6.45, 7) is 32.9. The van der Waals surface area contributed by atoms with Gasteiger partial charge in [-0.25, -0.2) is 47.9 Å². The van der Waals surface area contributed by atoms with Gasteiger partial charge in [-0.2, -0.15) is 0 Å². The number of esters is 5. The second-order valence-corrected chi connectivity index (χ2v) is 35.5. The van der Waals surface area contributed by atoms with Crippen molar-refractivity contribution in [1.29, 1.82) is 0 Å². The Hall–Kier alpha value is -14.8. The van der Waals surface area contributed by atoms with Gasteiger partial charge in [0, 0.05) is 43.3 Å². The lowest BCUT2D eigenvalue weighted by molar-refractivity contribution is -0.386. The number of likely N-dealkylation sites (tertiary alicyclic amines) is 1. The minimum Gasteiger partial charge on any atom is -0.459 e. The molecule has 7 aromatic rings. The van der Waals surface area contributed by atoms with E-state index in [1.54, 1.807) is 145 Å². The number of amides is 5. The number of nitro groups is 5. The first-order valence-corrected chi connectivity index (χ1v) is 42.6. The smallest absolute Gasteiger partial charge is 0.412 e. The van der Waals surface area contributed by atoms with E-state index in [1.165, 1.54) is 102 Å². The molecule has 0 aliphatic carbocycles. The summed E-state index contributed by atoms with van der Waals surface area (Å²) in [5.41, 5.74) is -1.47. The third-order valence-corrected chi connectivity index (χ3v) is 18.2. The Morgan fingerprint density at radius 1 is 0.381 bits per heavy atom. The summed E-state index contributed by atoms with van der Waals surface area (Å²) >= 11 is 0. The number of nitrogens with one attached hydrogen (secondary N) is 4. The molecule has 1 aliphatic rings. The molecule has 4 atom stereocenters. The molecule has 4 unspecified atom stereocenters. The molecule has 1 heterocycles. The van der Waals surface area contributed by atoms with Gasteiger partial charge in [0.1, 0.15) is 85.2 Å². The van der Waals surface area contributed by atoms with Crippen LogP contribution in [-0.4, -0.2) is 149 Å². The molecule has 4 N–H and O–H groups in total. The molecule has 40 nitrogen and oxygen atoms in total. The molecule has 1 aliphatic heterocycles. The zero-order valence-electron chi connectivity index (χ0n) is 78.6. The van der Waals surface area contributed by atoms with Gasteiger partial charge in [-0.1, -0.05) is 138 Å². The Morgan fingerprint density at radius 3 is 1.04 bits per heavy atom. The molecule has 134 heavy (non-hydrogen) atoms. The largest absolute Gasteiger partial charge is 0.459 e. The Balaban J connectivity index is 0.000000350. The number of benzene rings is 7. The monoisotopic (exact) mass is 1870 g/mol. The van der Waals surface area contributed by atoms with Crippen LogP contribution in [0.5, 0.6) is 0 Å². The lowest BCUT2D eigenvalue weighted by Crippen LogP contribution is -2.45. The van der Waals surface area contributed by atoms with E-state index in [1.807, 2.05) is 65.0 Å². The Morgan fingerprint density at radius 2 is 0.687 bits per heavy atom. The number of alkyl carbamates (subject to hydrolysis) is 3. The van der Waals surface area contributed by atoms with E-state index in [0.29, 0.717) is 44.2 Å². The number of nitrogens with zero attached hydrogens (tertiary/aromatic N) is 6. The number of ether oxygens (including phenoxy) is 10. The Kier molecular flexibility index (Phi) is 44.1. The average Bonchev–Trinajstić information content (AvgIpc) is 1.63. The van der Waals surface area contributed by atoms with E-state index in [0.717, 1.165) is 5.56 Å². The van der Waals surface area contributed by atoms with Crippen molar-refractivity contribution < 1.29 is 120 Å². The molecular weight excluding hydrogens is 1750 g/mol. The molecule has 0 saturated carbocycles. The molecule has 726 valence electrons. The Bertz CT molecular complexity index is 5170. The SMILES string of the molecule is CC(C)(C)OC(=O)N1CCCC1C(=O)OCc1ccccc1[N+](=O)[O-].CC(C)(C)OC(=O)NC(Cc1ccccc1)C(=O)OCc1ccccc1[N+](=O)[O-].CC(C)(C)OC(=O)Nc1ccccc1C(=O)OCc1ccccc1[N+](=O)[O-].CC(C)CC(NC(=O)OC(C)(C)C)C(=O)OCc1ccccc1[N+](=O)[O-].CCC(C)(C)OC(=O)NC(CC(C)C)C(=O)OCc1ccccc1[N+](=O)[O-]. The van der Waals surface area contributed by atoms with Crippen molar-refractivity contribution in [2.24, 2.45) is 11.8 Å². The number of nitro benzene ring substituents is 5. The van der Waals surface area contributed by atoms with Crippen LogP contribution in [0.25, 0.3) is 0 Å². The van der Waals surface area contributed by atoms with Crippen LogP contribution in [0, 0.1) is 62.4 Å². The lowest BCUT2D eigenvalue weighted by atomic mass is 10.0. The van der Waals surface area contributed by atoms with Crippen molar-refractivity contribution in [3.05, 3.63) is 265 Å². The molecule has 0 aromatic heterocycles. The second-order valence-electron chi connectivity index (χ2n) is 35.5. The predicted molar refractivity (Wildman–Crippen MR) is 489 cm³/mol. The molecule has 0 radical (unpaired) electrons. The molecule has 7 aromatic carbocycles. The van der Waals surface area contributed by atoms with Gasteiger partial charge in [-0.3, -0.25) is 60.8 Å². The van der Waals surface area contributed by atoms with Crippen LogP contribution in [0.15, 0.2) is 176 Å². The molecule has 0 spiro atoms. The molecular formula is C94H120N10O30. The molecule has 8 rings (SSSR count). The molecule has 1 saturated heterocycles. The number of para-hydroxylation sites is 6. The van der Waals surface area contributed by atoms with Crippen molar-refractivity contribution in [3.63, 3.8) is 0 Å². The second kappa shape index (κ2) is 52.9. The van der Waals surface area contributed by atoms with Crippen LogP contribution < -0.4 is 21.3 Å². The van der Waals surface area contributed by atoms with Crippen LogP contribution >= 0.6 is 0 Å². The molecule has 1 fully saturated rings. The summed E-state index contributed by atoms with van der Waals surface area (Å²) in [6, 6.07) is 42.0. The van der Waals surface area contributed by atoms with Crippen LogP contribution in [-0.2, 0) is 106 Å². The molecule has 0 bridgehead atoms. The van der Waals surface area contributed by atoms with E-state index in [9.17, 15) is 98.5 Å². The topological polar surface area (TPSA) is 530 Å². The minimum absolute atomic E-state index is 0.106. The van der Waals surface area contributed by atoms with E-state index in [4.69, 9.17) is 47.4 Å². The molecule has 5 amide bonds. The van der Waals surface area contributed by atoms with Crippen molar-refractivity contribution in [2.45, 2.75) is 255 Å². The van der Waals surface area contributed by atoms with Crippen LogP contribution in [0.4, 0.5) is 58.1 Å². The zero-order valence-corrected chi connectivity index (χ0v) is 78.6. The summed E-state index contributed by atoms with van der Waals surface area (Å²) in [5.74, 6) is -3.10. The summed E-state index contributed by atoms with van der Waals surface area (Å²) in [6.07, 6.45) is -0.750. The minimum atomic E-state index is -1.00.